The Morgan fingerprint density at radius 3 is 2.28 bits per heavy atom. The van der Waals surface area contributed by atoms with Crippen LogP contribution in [0.5, 0.6) is 5.75 Å². The normalized spacial score (nSPS) is 19.2. The number of unbranched alkanes of at least 4 members (excludes halogenated alkanes) is 4. The molecule has 0 aromatic heterocycles. The minimum Gasteiger partial charge on any atom is -0.489 e. The quantitative estimate of drug-likeness (QED) is 0.335. The fraction of sp³-hybridized carbons (Fsp3) is 0.538. The highest BCUT2D eigenvalue weighted by Crippen LogP contribution is 2.38. The molecule has 1 saturated carbocycles. The molecule has 0 unspecified atom stereocenters. The standard InChI is InChI=1S/C26H38N2O/c1-2-3-4-5-6-7-20-8-10-21(11-9-20)22-13-16-25(17-14-22)29-19-23-12-15-24(27)18-26(23)28/h12-18,20-21H,2-11,19,27-28H2,1H3/t20-,21-. The molecule has 4 N–H and O–H groups in total. The third kappa shape index (κ3) is 6.69. The van der Waals surface area contributed by atoms with E-state index < -0.39 is 0 Å². The summed E-state index contributed by atoms with van der Waals surface area (Å²) in [5.41, 5.74) is 15.6. The predicted molar refractivity (Wildman–Crippen MR) is 124 cm³/mol. The maximum Gasteiger partial charge on any atom is 0.119 e. The van der Waals surface area contributed by atoms with Crippen molar-refractivity contribution in [1.29, 1.82) is 0 Å². The lowest BCUT2D eigenvalue weighted by Gasteiger charge is -2.29. The largest absolute Gasteiger partial charge is 0.489 e. The number of nitrogen functional groups attached to an aromatic ring is 2. The van der Waals surface area contributed by atoms with E-state index in [2.05, 4.69) is 31.2 Å². The van der Waals surface area contributed by atoms with Gasteiger partial charge in [0.2, 0.25) is 0 Å². The zero-order valence-corrected chi connectivity index (χ0v) is 18.0. The number of anilines is 2. The van der Waals surface area contributed by atoms with Crippen molar-refractivity contribution in [1.82, 2.24) is 0 Å². The Balaban J connectivity index is 1.41. The van der Waals surface area contributed by atoms with E-state index >= 15 is 0 Å². The third-order valence-electron chi connectivity index (χ3n) is 6.48. The molecule has 0 atom stereocenters. The van der Waals surface area contributed by atoms with Gasteiger partial charge in [-0.05, 0) is 67.3 Å². The van der Waals surface area contributed by atoms with Gasteiger partial charge in [-0.25, -0.2) is 0 Å². The van der Waals surface area contributed by atoms with E-state index in [0.717, 1.165) is 17.2 Å². The second-order valence-electron chi connectivity index (χ2n) is 8.74. The number of hydrogen-bond acceptors (Lipinski definition) is 3. The SMILES string of the molecule is CCCCCCC[C@H]1CC[C@H](c2ccc(OCc3ccc(N)cc3N)cc2)CC1. The first-order valence-corrected chi connectivity index (χ1v) is 11.5. The van der Waals surface area contributed by atoms with Gasteiger partial charge < -0.3 is 16.2 Å². The number of benzene rings is 2. The molecule has 29 heavy (non-hydrogen) atoms. The molecule has 2 aromatic carbocycles. The van der Waals surface area contributed by atoms with Crippen LogP contribution in [0.2, 0.25) is 0 Å². The van der Waals surface area contributed by atoms with Gasteiger partial charge in [0.25, 0.3) is 0 Å². The highest BCUT2D eigenvalue weighted by Gasteiger charge is 2.22. The highest BCUT2D eigenvalue weighted by molar-refractivity contribution is 5.56. The fourth-order valence-electron chi connectivity index (χ4n) is 4.56. The zero-order valence-electron chi connectivity index (χ0n) is 18.0. The molecule has 0 bridgehead atoms. The zero-order chi connectivity index (χ0) is 20.5. The van der Waals surface area contributed by atoms with Crippen molar-refractivity contribution in [2.75, 3.05) is 11.5 Å². The van der Waals surface area contributed by atoms with E-state index in [0.29, 0.717) is 23.9 Å². The van der Waals surface area contributed by atoms with Crippen LogP contribution in [0, 0.1) is 5.92 Å². The van der Waals surface area contributed by atoms with Crippen LogP contribution >= 0.6 is 0 Å². The summed E-state index contributed by atoms with van der Waals surface area (Å²) in [6, 6.07) is 14.3. The molecule has 0 amide bonds. The summed E-state index contributed by atoms with van der Waals surface area (Å²) < 4.78 is 5.92. The van der Waals surface area contributed by atoms with Crippen molar-refractivity contribution in [2.45, 2.75) is 83.7 Å². The van der Waals surface area contributed by atoms with Gasteiger partial charge in [-0.15, -0.1) is 0 Å². The Labute approximate surface area is 176 Å². The van der Waals surface area contributed by atoms with Crippen LogP contribution in [0.1, 0.15) is 88.2 Å². The molecule has 0 aliphatic heterocycles. The molecule has 3 heteroatoms. The Morgan fingerprint density at radius 1 is 0.862 bits per heavy atom. The van der Waals surface area contributed by atoms with E-state index in [4.69, 9.17) is 16.2 Å². The van der Waals surface area contributed by atoms with Crippen LogP contribution in [-0.4, -0.2) is 0 Å². The van der Waals surface area contributed by atoms with Crippen molar-refractivity contribution in [3.8, 4) is 5.75 Å². The molecule has 2 aromatic rings. The Kier molecular flexibility index (Phi) is 8.27. The van der Waals surface area contributed by atoms with Crippen LogP contribution in [0.15, 0.2) is 42.5 Å². The molecule has 1 aliphatic carbocycles. The first-order chi connectivity index (χ1) is 14.2. The molecule has 3 rings (SSSR count). The Morgan fingerprint density at radius 2 is 1.59 bits per heavy atom. The van der Waals surface area contributed by atoms with Crippen LogP contribution in [-0.2, 0) is 6.61 Å². The summed E-state index contributed by atoms with van der Waals surface area (Å²) >= 11 is 0. The molecule has 3 nitrogen and oxygen atoms in total. The number of nitrogens with two attached hydrogens (primary N) is 2. The van der Waals surface area contributed by atoms with Crippen molar-refractivity contribution < 1.29 is 4.74 Å². The summed E-state index contributed by atoms with van der Waals surface area (Å²) in [5, 5.41) is 0. The fourth-order valence-corrected chi connectivity index (χ4v) is 4.56. The highest BCUT2D eigenvalue weighted by atomic mass is 16.5. The number of rotatable bonds is 10. The third-order valence-corrected chi connectivity index (χ3v) is 6.48. The van der Waals surface area contributed by atoms with E-state index in [-0.39, 0.29) is 0 Å². The Hall–Kier alpha value is -2.16. The van der Waals surface area contributed by atoms with Crippen LogP contribution < -0.4 is 16.2 Å². The molecular formula is C26H38N2O. The van der Waals surface area contributed by atoms with Crippen LogP contribution in [0.25, 0.3) is 0 Å². The summed E-state index contributed by atoms with van der Waals surface area (Å²) in [6.07, 6.45) is 13.9. The molecule has 0 heterocycles. The van der Waals surface area contributed by atoms with Crippen molar-refractivity contribution in [2.24, 2.45) is 5.92 Å². The summed E-state index contributed by atoms with van der Waals surface area (Å²) in [4.78, 5) is 0. The predicted octanol–water partition coefficient (Wildman–Crippen LogP) is 7.06. The molecule has 0 radical (unpaired) electrons. The van der Waals surface area contributed by atoms with Crippen LogP contribution in [0.3, 0.4) is 0 Å². The van der Waals surface area contributed by atoms with Gasteiger partial charge in [0.05, 0.1) is 0 Å². The first kappa shape index (κ1) is 21.5. The average Bonchev–Trinajstić information content (AvgIpc) is 2.74. The van der Waals surface area contributed by atoms with E-state index in [9.17, 15) is 0 Å². The van der Waals surface area contributed by atoms with Gasteiger partial charge in [-0.2, -0.15) is 0 Å². The summed E-state index contributed by atoms with van der Waals surface area (Å²) in [5.74, 6) is 2.57. The lowest BCUT2D eigenvalue weighted by Crippen LogP contribution is -2.13. The van der Waals surface area contributed by atoms with Gasteiger partial charge in [-0.1, -0.05) is 63.6 Å². The van der Waals surface area contributed by atoms with Gasteiger partial charge in [0.15, 0.2) is 0 Å². The lowest BCUT2D eigenvalue weighted by molar-refractivity contribution is 0.299. The molecule has 158 valence electrons. The molecular weight excluding hydrogens is 356 g/mol. The summed E-state index contributed by atoms with van der Waals surface area (Å²) in [7, 11) is 0. The molecule has 1 fully saturated rings. The molecule has 0 saturated heterocycles. The van der Waals surface area contributed by atoms with E-state index in [1.807, 2.05) is 12.1 Å². The monoisotopic (exact) mass is 394 g/mol. The van der Waals surface area contributed by atoms with Crippen molar-refractivity contribution >= 4 is 11.4 Å². The second-order valence-corrected chi connectivity index (χ2v) is 8.74. The van der Waals surface area contributed by atoms with Gasteiger partial charge >= 0.3 is 0 Å². The average molecular weight is 395 g/mol. The van der Waals surface area contributed by atoms with Gasteiger partial charge in [-0.3, -0.25) is 0 Å². The molecule has 1 aliphatic rings. The van der Waals surface area contributed by atoms with E-state index in [1.54, 1.807) is 6.07 Å². The maximum absolute atomic E-state index is 6.01. The number of ether oxygens (including phenoxy) is 1. The van der Waals surface area contributed by atoms with Crippen molar-refractivity contribution in [3.05, 3.63) is 53.6 Å². The maximum atomic E-state index is 6.01. The Bertz CT molecular complexity index is 733. The van der Waals surface area contributed by atoms with Gasteiger partial charge in [0, 0.05) is 16.9 Å². The minimum absolute atomic E-state index is 0.467. The molecule has 0 spiro atoms. The summed E-state index contributed by atoms with van der Waals surface area (Å²) in [6.45, 7) is 2.75. The smallest absolute Gasteiger partial charge is 0.119 e. The topological polar surface area (TPSA) is 61.3 Å². The van der Waals surface area contributed by atoms with Crippen molar-refractivity contribution in [3.63, 3.8) is 0 Å². The van der Waals surface area contributed by atoms with E-state index in [1.165, 1.54) is 69.8 Å². The second kappa shape index (κ2) is 11.1. The van der Waals surface area contributed by atoms with Gasteiger partial charge in [0.1, 0.15) is 12.4 Å². The van der Waals surface area contributed by atoms with Crippen LogP contribution in [0.4, 0.5) is 11.4 Å². The first-order valence-electron chi connectivity index (χ1n) is 11.5. The lowest BCUT2D eigenvalue weighted by atomic mass is 9.77. The number of hydrogen-bond donors (Lipinski definition) is 2. The minimum atomic E-state index is 0.467.